The molecule has 6 nitrogen and oxygen atoms in total. The molecular formula is C20H23N5OS. The van der Waals surface area contributed by atoms with Crippen molar-refractivity contribution in [3.8, 4) is 0 Å². The number of aliphatic hydroxyl groups is 1. The number of rotatable bonds is 5. The van der Waals surface area contributed by atoms with Crippen molar-refractivity contribution in [3.63, 3.8) is 0 Å². The second kappa shape index (κ2) is 9.27. The molecular weight excluding hydrogens is 358 g/mol. The van der Waals surface area contributed by atoms with Gasteiger partial charge in [0.2, 0.25) is 5.96 Å². The Hall–Kier alpha value is -2.74. The van der Waals surface area contributed by atoms with E-state index in [2.05, 4.69) is 15.8 Å². The monoisotopic (exact) mass is 381 g/mol. The standard InChI is InChI=1S/C20H23N5OS/c1-24-12-13-25(15-24)20(21-18(27)14-16-8-4-2-5-9-16)23-22-19(26)17-10-6-3-7-11-17/h2-13,19,22,26H,14-15H2,1H3,(H,21,23,27). The number of hydrogen-bond acceptors (Lipinski definition) is 4. The minimum absolute atomic E-state index is 0.534. The summed E-state index contributed by atoms with van der Waals surface area (Å²) >= 11 is 5.47. The van der Waals surface area contributed by atoms with Crippen LogP contribution in [0.5, 0.6) is 0 Å². The second-order valence-electron chi connectivity index (χ2n) is 6.24. The van der Waals surface area contributed by atoms with Crippen molar-refractivity contribution in [2.24, 2.45) is 4.99 Å². The molecule has 0 spiro atoms. The number of benzene rings is 2. The predicted molar refractivity (Wildman–Crippen MR) is 111 cm³/mol. The van der Waals surface area contributed by atoms with Gasteiger partial charge < -0.3 is 10.0 Å². The summed E-state index contributed by atoms with van der Waals surface area (Å²) in [5, 5.41) is 10.3. The van der Waals surface area contributed by atoms with Crippen molar-refractivity contribution in [2.75, 3.05) is 13.7 Å². The zero-order chi connectivity index (χ0) is 19.1. The minimum Gasteiger partial charge on any atom is -0.373 e. The summed E-state index contributed by atoms with van der Waals surface area (Å²) in [6.45, 7) is 0.642. The lowest BCUT2D eigenvalue weighted by atomic mass is 10.1. The van der Waals surface area contributed by atoms with E-state index in [1.165, 1.54) is 0 Å². The van der Waals surface area contributed by atoms with Crippen molar-refractivity contribution < 1.29 is 5.11 Å². The number of aliphatic hydroxyl groups excluding tert-OH is 1. The van der Waals surface area contributed by atoms with Crippen molar-refractivity contribution in [1.82, 2.24) is 20.7 Å². The van der Waals surface area contributed by atoms with Crippen LogP contribution in [0.25, 0.3) is 0 Å². The van der Waals surface area contributed by atoms with Crippen LogP contribution in [-0.4, -0.2) is 39.6 Å². The van der Waals surface area contributed by atoms with Crippen LogP contribution in [0.2, 0.25) is 0 Å². The minimum atomic E-state index is -0.872. The molecule has 3 rings (SSSR count). The van der Waals surface area contributed by atoms with Crippen LogP contribution in [0, 0.1) is 0 Å². The summed E-state index contributed by atoms with van der Waals surface area (Å²) in [7, 11) is 1.97. The summed E-state index contributed by atoms with van der Waals surface area (Å²) in [6.07, 6.45) is 3.57. The molecule has 1 heterocycles. The molecule has 2 aromatic rings. The number of hydrogen-bond donors (Lipinski definition) is 3. The maximum absolute atomic E-state index is 10.3. The smallest absolute Gasteiger partial charge is 0.220 e. The first-order chi connectivity index (χ1) is 13.1. The molecule has 1 atom stereocenters. The van der Waals surface area contributed by atoms with Gasteiger partial charge in [-0.05, 0) is 11.1 Å². The maximum Gasteiger partial charge on any atom is 0.220 e. The molecule has 0 saturated carbocycles. The maximum atomic E-state index is 10.3. The molecule has 1 aliphatic rings. The number of thiocarbonyl (C=S) groups is 1. The molecule has 0 bridgehead atoms. The van der Waals surface area contributed by atoms with Gasteiger partial charge in [0, 0.05) is 25.9 Å². The summed E-state index contributed by atoms with van der Waals surface area (Å²) in [5.74, 6) is 0.534. The SMILES string of the molecule is CN1C=CN(C(=NC(=S)Cc2ccccc2)NNC(O)c2ccccc2)C1. The third-order valence-electron chi connectivity index (χ3n) is 4.01. The molecule has 140 valence electrons. The molecule has 0 aromatic heterocycles. The fourth-order valence-corrected chi connectivity index (χ4v) is 2.86. The van der Waals surface area contributed by atoms with E-state index in [1.807, 2.05) is 89.9 Å². The van der Waals surface area contributed by atoms with Crippen LogP contribution in [-0.2, 0) is 6.42 Å². The van der Waals surface area contributed by atoms with E-state index in [-0.39, 0.29) is 0 Å². The van der Waals surface area contributed by atoms with Gasteiger partial charge in [0.25, 0.3) is 0 Å². The van der Waals surface area contributed by atoms with Crippen LogP contribution in [0.4, 0.5) is 0 Å². The average molecular weight is 382 g/mol. The summed E-state index contributed by atoms with van der Waals surface area (Å²) in [5.41, 5.74) is 7.75. The molecule has 0 fully saturated rings. The topological polar surface area (TPSA) is 63.1 Å². The van der Waals surface area contributed by atoms with Crippen LogP contribution in [0.1, 0.15) is 17.4 Å². The Morgan fingerprint density at radius 1 is 1.11 bits per heavy atom. The third kappa shape index (κ3) is 5.62. The summed E-state index contributed by atoms with van der Waals surface area (Å²) < 4.78 is 0. The molecule has 0 radical (unpaired) electrons. The average Bonchev–Trinajstić information content (AvgIpc) is 3.12. The van der Waals surface area contributed by atoms with Gasteiger partial charge in [0.1, 0.15) is 11.2 Å². The van der Waals surface area contributed by atoms with Gasteiger partial charge in [-0.2, -0.15) is 0 Å². The highest BCUT2D eigenvalue weighted by molar-refractivity contribution is 7.80. The Morgan fingerprint density at radius 3 is 2.41 bits per heavy atom. The van der Waals surface area contributed by atoms with Gasteiger partial charge >= 0.3 is 0 Å². The Balaban J connectivity index is 1.69. The van der Waals surface area contributed by atoms with Crippen LogP contribution < -0.4 is 10.9 Å². The Kier molecular flexibility index (Phi) is 6.54. The first-order valence-electron chi connectivity index (χ1n) is 8.67. The largest absolute Gasteiger partial charge is 0.373 e. The van der Waals surface area contributed by atoms with E-state index in [4.69, 9.17) is 12.2 Å². The molecule has 0 aliphatic carbocycles. The van der Waals surface area contributed by atoms with Gasteiger partial charge in [-0.25, -0.2) is 10.4 Å². The number of guanidine groups is 1. The van der Waals surface area contributed by atoms with Crippen molar-refractivity contribution >= 4 is 23.2 Å². The van der Waals surface area contributed by atoms with E-state index in [0.717, 1.165) is 11.1 Å². The molecule has 0 saturated heterocycles. The Bertz CT molecular complexity index is 810. The quantitative estimate of drug-likeness (QED) is 0.243. The molecule has 1 aliphatic heterocycles. The number of nitrogens with zero attached hydrogens (tertiary/aromatic N) is 3. The molecule has 2 aromatic carbocycles. The molecule has 27 heavy (non-hydrogen) atoms. The highest BCUT2D eigenvalue weighted by Crippen LogP contribution is 2.09. The van der Waals surface area contributed by atoms with E-state index in [0.29, 0.717) is 24.0 Å². The lowest BCUT2D eigenvalue weighted by molar-refractivity contribution is 0.128. The zero-order valence-corrected chi connectivity index (χ0v) is 15.9. The lowest BCUT2D eigenvalue weighted by Crippen LogP contribution is -2.48. The van der Waals surface area contributed by atoms with E-state index in [1.54, 1.807) is 0 Å². The Morgan fingerprint density at radius 2 is 1.78 bits per heavy atom. The summed E-state index contributed by atoms with van der Waals surface area (Å²) in [6, 6.07) is 19.3. The Labute approximate surface area is 164 Å². The molecule has 7 heteroatoms. The normalized spacial score (nSPS) is 15.1. The third-order valence-corrected chi connectivity index (χ3v) is 4.25. The van der Waals surface area contributed by atoms with Crippen molar-refractivity contribution in [2.45, 2.75) is 12.6 Å². The number of nitrogens with one attached hydrogen (secondary N) is 2. The van der Waals surface area contributed by atoms with E-state index >= 15 is 0 Å². The zero-order valence-electron chi connectivity index (χ0n) is 15.1. The van der Waals surface area contributed by atoms with Crippen LogP contribution in [0.15, 0.2) is 78.1 Å². The van der Waals surface area contributed by atoms with Gasteiger partial charge in [-0.15, -0.1) is 0 Å². The fourth-order valence-electron chi connectivity index (χ4n) is 2.61. The second-order valence-corrected chi connectivity index (χ2v) is 6.71. The van der Waals surface area contributed by atoms with Crippen molar-refractivity contribution in [1.29, 1.82) is 0 Å². The first-order valence-corrected chi connectivity index (χ1v) is 9.08. The van der Waals surface area contributed by atoms with Gasteiger partial charge in [0.15, 0.2) is 0 Å². The van der Waals surface area contributed by atoms with Gasteiger partial charge in [-0.1, -0.05) is 72.9 Å². The highest BCUT2D eigenvalue weighted by Gasteiger charge is 2.17. The number of aliphatic imine (C=N–C) groups is 1. The van der Waals surface area contributed by atoms with E-state index in [9.17, 15) is 5.11 Å². The van der Waals surface area contributed by atoms with Crippen LogP contribution >= 0.6 is 12.2 Å². The van der Waals surface area contributed by atoms with E-state index < -0.39 is 6.23 Å². The fraction of sp³-hybridized carbons (Fsp3) is 0.200. The predicted octanol–water partition coefficient (Wildman–Crippen LogP) is 2.37. The number of hydrazine groups is 1. The van der Waals surface area contributed by atoms with Gasteiger partial charge in [-0.3, -0.25) is 10.3 Å². The lowest BCUT2D eigenvalue weighted by Gasteiger charge is -2.23. The van der Waals surface area contributed by atoms with Crippen molar-refractivity contribution in [3.05, 3.63) is 84.2 Å². The summed E-state index contributed by atoms with van der Waals surface area (Å²) in [4.78, 5) is 9.06. The molecule has 0 amide bonds. The first kappa shape index (κ1) is 19.0. The van der Waals surface area contributed by atoms with Crippen LogP contribution in [0.3, 0.4) is 0 Å². The van der Waals surface area contributed by atoms with Gasteiger partial charge in [0.05, 0.1) is 6.67 Å². The molecule has 3 N–H and O–H groups in total. The highest BCUT2D eigenvalue weighted by atomic mass is 32.1. The molecule has 1 unspecified atom stereocenters.